The average Bonchev–Trinajstić information content (AvgIpc) is 2.86. The average molecular weight is 632 g/mol. The number of hydrogen-bond donors (Lipinski definition) is 0. The van der Waals surface area contributed by atoms with E-state index in [-0.39, 0.29) is 11.9 Å². The first-order valence-electron chi connectivity index (χ1n) is 16.5. The Balaban J connectivity index is 4.69. The molecule has 0 heterocycles. The van der Waals surface area contributed by atoms with Crippen molar-refractivity contribution in [1.29, 1.82) is 0 Å². The first-order valence-corrected chi connectivity index (χ1v) is 22.8. The Kier molecular flexibility index (Phi) is 27.1. The second kappa shape index (κ2) is 27.3. The van der Waals surface area contributed by atoms with Crippen LogP contribution in [-0.4, -0.2) is 31.1 Å². The van der Waals surface area contributed by atoms with E-state index in [1.165, 1.54) is 103 Å². The number of carbonyl (C=O) groups is 2. The molecule has 0 atom stereocenters. The van der Waals surface area contributed by atoms with Crippen LogP contribution in [0.4, 0.5) is 0 Å². The van der Waals surface area contributed by atoms with Gasteiger partial charge in [-0.3, -0.25) is 0 Å². The van der Waals surface area contributed by atoms with E-state index in [9.17, 15) is 9.59 Å². The SMILES string of the molecule is CCCCCCCCCCC[CH2][Sn]([CH2]CCCCCCCCCCC)([O]C(=O)CCC)[O]C(=O)CCC. The van der Waals surface area contributed by atoms with E-state index in [0.29, 0.717) is 12.8 Å². The zero-order valence-corrected chi connectivity index (χ0v) is 28.4. The summed E-state index contributed by atoms with van der Waals surface area (Å²) in [6.45, 7) is 8.54. The van der Waals surface area contributed by atoms with Crippen LogP contribution in [0.1, 0.15) is 182 Å². The molecule has 0 aromatic carbocycles. The molecule has 5 heteroatoms. The summed E-state index contributed by atoms with van der Waals surface area (Å²) in [5.74, 6) is -0.275. The summed E-state index contributed by atoms with van der Waals surface area (Å²) >= 11 is -3.80. The molecule has 0 amide bonds. The standard InChI is InChI=1S/2C12H25.2C4H8O2.Sn/c2*1-3-5-7-9-11-12-10-8-6-4-2;2*1-2-3-4(5)6;/h2*1,3-12H2,2H3;2*2-3H2,1H3,(H,5,6);/q;;;;+2/p-2. The van der Waals surface area contributed by atoms with Crippen molar-refractivity contribution in [2.75, 3.05) is 0 Å². The molecule has 0 aromatic heterocycles. The third-order valence-corrected chi connectivity index (χ3v) is 17.1. The van der Waals surface area contributed by atoms with E-state index in [1.807, 2.05) is 13.8 Å². The molecule has 0 aliphatic carbocycles. The van der Waals surface area contributed by atoms with Crippen LogP contribution in [0.2, 0.25) is 8.87 Å². The molecule has 0 rings (SSSR count). The second-order valence-electron chi connectivity index (χ2n) is 11.2. The molecule has 0 fully saturated rings. The number of hydrogen-bond acceptors (Lipinski definition) is 4. The van der Waals surface area contributed by atoms with Gasteiger partial charge in [0.15, 0.2) is 0 Å². The van der Waals surface area contributed by atoms with Gasteiger partial charge < -0.3 is 0 Å². The molecule has 0 unspecified atom stereocenters. The van der Waals surface area contributed by atoms with Gasteiger partial charge in [0, 0.05) is 0 Å². The van der Waals surface area contributed by atoms with Crippen molar-refractivity contribution >= 4 is 31.1 Å². The van der Waals surface area contributed by atoms with Gasteiger partial charge in [-0.1, -0.05) is 0 Å². The number of unbranched alkanes of at least 4 members (excludes halogenated alkanes) is 18. The summed E-state index contributed by atoms with van der Waals surface area (Å²) in [7, 11) is 0. The van der Waals surface area contributed by atoms with Crippen LogP contribution in [0.3, 0.4) is 0 Å². The molecule has 4 nitrogen and oxygen atoms in total. The van der Waals surface area contributed by atoms with Gasteiger partial charge in [-0.25, -0.2) is 0 Å². The molecule has 0 radical (unpaired) electrons. The minimum atomic E-state index is -3.80. The fraction of sp³-hybridized carbons (Fsp3) is 0.938. The summed E-state index contributed by atoms with van der Waals surface area (Å²) in [5.41, 5.74) is 0. The molecule has 0 aromatic rings. The van der Waals surface area contributed by atoms with Gasteiger partial charge in [0.25, 0.3) is 0 Å². The fourth-order valence-corrected chi connectivity index (χ4v) is 14.5. The zero-order chi connectivity index (χ0) is 27.5. The van der Waals surface area contributed by atoms with Gasteiger partial charge in [-0.05, 0) is 0 Å². The number of carbonyl (C=O) groups excluding carboxylic acids is 2. The van der Waals surface area contributed by atoms with Crippen molar-refractivity contribution in [3.05, 3.63) is 0 Å². The van der Waals surface area contributed by atoms with Gasteiger partial charge >= 0.3 is 238 Å². The third-order valence-electron chi connectivity index (χ3n) is 7.33. The summed E-state index contributed by atoms with van der Waals surface area (Å²) in [4.78, 5) is 25.2. The van der Waals surface area contributed by atoms with E-state index < -0.39 is 19.2 Å². The molecule has 0 N–H and O–H groups in total. The molecule has 220 valence electrons. The molecular weight excluding hydrogens is 567 g/mol. The topological polar surface area (TPSA) is 52.6 Å². The fourth-order valence-electron chi connectivity index (χ4n) is 5.04. The van der Waals surface area contributed by atoms with Crippen LogP contribution in [0.5, 0.6) is 0 Å². The maximum atomic E-state index is 12.6. The van der Waals surface area contributed by atoms with E-state index in [4.69, 9.17) is 6.15 Å². The Morgan fingerprint density at radius 3 is 0.946 bits per heavy atom. The third kappa shape index (κ3) is 23.4. The van der Waals surface area contributed by atoms with Crippen LogP contribution in [0, 0.1) is 0 Å². The normalized spacial score (nSPS) is 11.6. The van der Waals surface area contributed by atoms with Crippen LogP contribution < -0.4 is 0 Å². The van der Waals surface area contributed by atoms with Gasteiger partial charge in [0.05, 0.1) is 0 Å². The molecule has 0 saturated heterocycles. The van der Waals surface area contributed by atoms with Crippen LogP contribution in [-0.2, 0) is 15.7 Å². The molecule has 0 spiro atoms. The Hall–Kier alpha value is -0.261. The Morgan fingerprint density at radius 2 is 0.676 bits per heavy atom. The molecular formula is C32H64O4Sn. The maximum absolute atomic E-state index is 12.6. The number of rotatable bonds is 28. The van der Waals surface area contributed by atoms with Crippen molar-refractivity contribution in [3.63, 3.8) is 0 Å². The predicted octanol–water partition coefficient (Wildman–Crippen LogP) is 11.0. The summed E-state index contributed by atoms with van der Waals surface area (Å²) < 4.78 is 14.1. The van der Waals surface area contributed by atoms with Gasteiger partial charge in [0.1, 0.15) is 0 Å². The van der Waals surface area contributed by atoms with Crippen molar-refractivity contribution in [3.8, 4) is 0 Å². The van der Waals surface area contributed by atoms with E-state index >= 15 is 0 Å². The van der Waals surface area contributed by atoms with E-state index in [1.54, 1.807) is 0 Å². The van der Waals surface area contributed by atoms with E-state index in [2.05, 4.69) is 13.8 Å². The summed E-state index contributed by atoms with van der Waals surface area (Å²) in [5, 5.41) is 0. The van der Waals surface area contributed by atoms with Crippen LogP contribution in [0.25, 0.3) is 0 Å². The first-order chi connectivity index (χ1) is 18.0. The minimum absolute atomic E-state index is 0.137. The monoisotopic (exact) mass is 632 g/mol. The first kappa shape index (κ1) is 36.7. The molecule has 0 saturated carbocycles. The Bertz CT molecular complexity index is 477. The predicted molar refractivity (Wildman–Crippen MR) is 161 cm³/mol. The van der Waals surface area contributed by atoms with E-state index in [0.717, 1.165) is 47.4 Å². The Morgan fingerprint density at radius 1 is 0.405 bits per heavy atom. The van der Waals surface area contributed by atoms with Gasteiger partial charge in [0.2, 0.25) is 0 Å². The van der Waals surface area contributed by atoms with Crippen molar-refractivity contribution in [2.24, 2.45) is 0 Å². The Labute approximate surface area is 236 Å². The second-order valence-corrected chi connectivity index (χ2v) is 20.4. The molecule has 0 bridgehead atoms. The van der Waals surface area contributed by atoms with Gasteiger partial charge in [-0.15, -0.1) is 0 Å². The van der Waals surface area contributed by atoms with Crippen molar-refractivity contribution < 1.29 is 15.7 Å². The van der Waals surface area contributed by atoms with Crippen molar-refractivity contribution in [1.82, 2.24) is 0 Å². The van der Waals surface area contributed by atoms with Crippen LogP contribution >= 0.6 is 0 Å². The van der Waals surface area contributed by atoms with Crippen LogP contribution in [0.15, 0.2) is 0 Å². The van der Waals surface area contributed by atoms with Crippen molar-refractivity contribution in [2.45, 2.75) is 191 Å². The quantitative estimate of drug-likeness (QED) is 0.0637. The molecule has 37 heavy (non-hydrogen) atoms. The summed E-state index contributed by atoms with van der Waals surface area (Å²) in [6.07, 6.45) is 28.0. The zero-order valence-electron chi connectivity index (χ0n) is 25.5. The summed E-state index contributed by atoms with van der Waals surface area (Å²) in [6, 6.07) is 0. The molecule has 0 aliphatic rings. The van der Waals surface area contributed by atoms with Gasteiger partial charge in [-0.2, -0.15) is 0 Å². The molecule has 0 aliphatic heterocycles.